The molecule has 1 fully saturated rings. The number of rotatable bonds is 7. The van der Waals surface area contributed by atoms with E-state index in [9.17, 15) is 14.7 Å². The molecule has 0 bridgehead atoms. The smallest absolute Gasteiger partial charge is 0.248 e. The molecule has 0 aliphatic carbocycles. The lowest BCUT2D eigenvalue weighted by molar-refractivity contribution is -0.152. The quantitative estimate of drug-likeness (QED) is 0.779. The second-order valence-electron chi connectivity index (χ2n) is 7.46. The number of benzene rings is 2. The third-order valence-electron chi connectivity index (χ3n) is 5.65. The van der Waals surface area contributed by atoms with Crippen LogP contribution in [0.2, 0.25) is 0 Å². The summed E-state index contributed by atoms with van der Waals surface area (Å²) >= 11 is 0. The van der Waals surface area contributed by atoms with E-state index in [1.807, 2.05) is 18.2 Å². The van der Waals surface area contributed by atoms with Gasteiger partial charge in [0.05, 0.1) is 18.7 Å². The van der Waals surface area contributed by atoms with Gasteiger partial charge in [0.25, 0.3) is 0 Å². The standard InChI is InChI=1S/C23H28N2O4/c1-16(27)25-20(13-24(2)22(28)15-29-3)23(21(25)14-26)19-11-9-18(10-12-19)17-7-5-4-6-8-17/h4-12,20-21,23,26H,13-15H2,1-3H3/t20-,21-,23-/m0/s1. The van der Waals surface area contributed by atoms with Crippen LogP contribution >= 0.6 is 0 Å². The fraction of sp³-hybridized carbons (Fsp3) is 0.391. The van der Waals surface area contributed by atoms with E-state index in [-0.39, 0.29) is 43.0 Å². The molecular weight excluding hydrogens is 368 g/mol. The maximum Gasteiger partial charge on any atom is 0.248 e. The van der Waals surface area contributed by atoms with Crippen LogP contribution < -0.4 is 0 Å². The molecule has 0 spiro atoms. The Morgan fingerprint density at radius 3 is 2.21 bits per heavy atom. The lowest BCUT2D eigenvalue weighted by Gasteiger charge is -2.55. The Bertz CT molecular complexity index is 838. The van der Waals surface area contributed by atoms with Crippen LogP contribution in [-0.2, 0) is 14.3 Å². The van der Waals surface area contributed by atoms with Gasteiger partial charge in [-0.1, -0.05) is 54.6 Å². The number of nitrogens with zero attached hydrogens (tertiary/aromatic N) is 2. The minimum Gasteiger partial charge on any atom is -0.394 e. The van der Waals surface area contributed by atoms with Crippen molar-refractivity contribution in [3.63, 3.8) is 0 Å². The number of carbonyl (C=O) groups is 2. The molecule has 1 saturated heterocycles. The van der Waals surface area contributed by atoms with E-state index in [0.717, 1.165) is 16.7 Å². The zero-order valence-electron chi connectivity index (χ0n) is 17.1. The third-order valence-corrected chi connectivity index (χ3v) is 5.65. The Hall–Kier alpha value is -2.70. The zero-order chi connectivity index (χ0) is 21.0. The Balaban J connectivity index is 1.84. The molecule has 2 amide bonds. The van der Waals surface area contributed by atoms with Crippen LogP contribution in [0.4, 0.5) is 0 Å². The normalized spacial score (nSPS) is 20.8. The highest BCUT2D eigenvalue weighted by Gasteiger charge is 2.50. The van der Waals surface area contributed by atoms with Crippen molar-refractivity contribution in [2.24, 2.45) is 0 Å². The van der Waals surface area contributed by atoms with Gasteiger partial charge in [-0.25, -0.2) is 0 Å². The molecule has 0 unspecified atom stereocenters. The third kappa shape index (κ3) is 4.33. The highest BCUT2D eigenvalue weighted by atomic mass is 16.5. The molecule has 3 atom stereocenters. The molecule has 2 aromatic carbocycles. The first kappa shape index (κ1) is 21.0. The average Bonchev–Trinajstić information content (AvgIpc) is 2.71. The number of ether oxygens (including phenoxy) is 1. The Morgan fingerprint density at radius 1 is 1.03 bits per heavy atom. The summed E-state index contributed by atoms with van der Waals surface area (Å²) in [6.07, 6.45) is 0. The van der Waals surface area contributed by atoms with Crippen LogP contribution in [0.5, 0.6) is 0 Å². The molecule has 6 heteroatoms. The van der Waals surface area contributed by atoms with E-state index in [1.54, 1.807) is 16.8 Å². The van der Waals surface area contributed by atoms with Crippen molar-refractivity contribution >= 4 is 11.8 Å². The van der Waals surface area contributed by atoms with Crippen molar-refractivity contribution in [1.82, 2.24) is 9.80 Å². The summed E-state index contributed by atoms with van der Waals surface area (Å²) in [6.45, 7) is 1.78. The van der Waals surface area contributed by atoms with Gasteiger partial charge in [0, 0.05) is 33.5 Å². The van der Waals surface area contributed by atoms with Crippen molar-refractivity contribution in [3.05, 3.63) is 60.2 Å². The zero-order valence-corrected chi connectivity index (χ0v) is 17.1. The van der Waals surface area contributed by atoms with Crippen molar-refractivity contribution in [2.45, 2.75) is 24.9 Å². The largest absolute Gasteiger partial charge is 0.394 e. The van der Waals surface area contributed by atoms with E-state index in [4.69, 9.17) is 4.74 Å². The van der Waals surface area contributed by atoms with Gasteiger partial charge in [0.15, 0.2) is 0 Å². The molecule has 3 rings (SSSR count). The first-order valence-corrected chi connectivity index (χ1v) is 9.76. The number of amides is 2. The minimum atomic E-state index is -0.286. The second-order valence-corrected chi connectivity index (χ2v) is 7.46. The molecule has 2 aromatic rings. The van der Waals surface area contributed by atoms with Gasteiger partial charge < -0.3 is 19.6 Å². The van der Waals surface area contributed by atoms with Gasteiger partial charge in [-0.15, -0.1) is 0 Å². The Kier molecular flexibility index (Phi) is 6.67. The monoisotopic (exact) mass is 396 g/mol. The fourth-order valence-corrected chi connectivity index (χ4v) is 4.21. The number of hydrogen-bond acceptors (Lipinski definition) is 4. The number of methoxy groups -OCH3 is 1. The van der Waals surface area contributed by atoms with Gasteiger partial charge in [0.2, 0.25) is 11.8 Å². The first-order valence-electron chi connectivity index (χ1n) is 9.76. The van der Waals surface area contributed by atoms with Crippen LogP contribution in [-0.4, -0.2) is 72.7 Å². The van der Waals surface area contributed by atoms with Crippen LogP contribution in [0.15, 0.2) is 54.6 Å². The highest BCUT2D eigenvalue weighted by molar-refractivity contribution is 5.78. The van der Waals surface area contributed by atoms with Gasteiger partial charge in [-0.05, 0) is 16.7 Å². The van der Waals surface area contributed by atoms with Crippen molar-refractivity contribution in [1.29, 1.82) is 0 Å². The second kappa shape index (κ2) is 9.20. The van der Waals surface area contributed by atoms with Crippen molar-refractivity contribution in [2.75, 3.05) is 33.9 Å². The number of carbonyl (C=O) groups excluding carboxylic acids is 2. The van der Waals surface area contributed by atoms with Crippen LogP contribution in [0.1, 0.15) is 18.4 Å². The predicted octanol–water partition coefficient (Wildman–Crippen LogP) is 2.13. The molecule has 1 N–H and O–H groups in total. The maximum atomic E-state index is 12.2. The lowest BCUT2D eigenvalue weighted by atomic mass is 9.74. The summed E-state index contributed by atoms with van der Waals surface area (Å²) in [4.78, 5) is 27.6. The van der Waals surface area contributed by atoms with E-state index in [0.29, 0.717) is 6.54 Å². The number of likely N-dealkylation sites (N-methyl/N-ethyl adjacent to an activating group) is 1. The number of aliphatic hydroxyl groups excluding tert-OH is 1. The molecule has 1 aliphatic rings. The van der Waals surface area contributed by atoms with Crippen molar-refractivity contribution < 1.29 is 19.4 Å². The molecule has 1 heterocycles. The fourth-order valence-electron chi connectivity index (χ4n) is 4.21. The Labute approximate surface area is 171 Å². The highest BCUT2D eigenvalue weighted by Crippen LogP contribution is 2.41. The summed E-state index contributed by atoms with van der Waals surface area (Å²) in [5.74, 6) is -0.271. The maximum absolute atomic E-state index is 12.2. The summed E-state index contributed by atoms with van der Waals surface area (Å²) in [5.41, 5.74) is 3.30. The van der Waals surface area contributed by atoms with Crippen LogP contribution in [0.25, 0.3) is 11.1 Å². The van der Waals surface area contributed by atoms with Gasteiger partial charge in [-0.3, -0.25) is 9.59 Å². The molecule has 6 nitrogen and oxygen atoms in total. The molecule has 154 valence electrons. The molecule has 1 aliphatic heterocycles. The molecule has 29 heavy (non-hydrogen) atoms. The number of aliphatic hydroxyl groups is 1. The Morgan fingerprint density at radius 2 is 1.66 bits per heavy atom. The van der Waals surface area contributed by atoms with Gasteiger partial charge >= 0.3 is 0 Å². The summed E-state index contributed by atoms with van der Waals surface area (Å²) in [6, 6.07) is 17.9. The van der Waals surface area contributed by atoms with E-state index in [2.05, 4.69) is 36.4 Å². The summed E-state index contributed by atoms with van der Waals surface area (Å²) < 4.78 is 4.93. The lowest BCUT2D eigenvalue weighted by Crippen LogP contribution is -2.68. The SMILES string of the molecule is COCC(=O)N(C)C[C@H]1[C@H](c2ccc(-c3ccccc3)cc2)[C@H](CO)N1C(C)=O. The predicted molar refractivity (Wildman–Crippen MR) is 111 cm³/mol. The van der Waals surface area contributed by atoms with Crippen molar-refractivity contribution in [3.8, 4) is 11.1 Å². The van der Waals surface area contributed by atoms with Crippen LogP contribution in [0, 0.1) is 0 Å². The number of likely N-dealkylation sites (tertiary alicyclic amines) is 1. The minimum absolute atomic E-state index is 0.00313. The van der Waals surface area contributed by atoms with Gasteiger partial charge in [-0.2, -0.15) is 0 Å². The van der Waals surface area contributed by atoms with E-state index < -0.39 is 0 Å². The first-order chi connectivity index (χ1) is 14.0. The molecule has 0 aromatic heterocycles. The van der Waals surface area contributed by atoms with E-state index >= 15 is 0 Å². The van der Waals surface area contributed by atoms with E-state index in [1.165, 1.54) is 14.0 Å². The van der Waals surface area contributed by atoms with Gasteiger partial charge in [0.1, 0.15) is 6.61 Å². The molecule has 0 radical (unpaired) electrons. The summed E-state index contributed by atoms with van der Waals surface area (Å²) in [7, 11) is 3.19. The number of hydrogen-bond donors (Lipinski definition) is 1. The topological polar surface area (TPSA) is 70.1 Å². The molecule has 0 saturated carbocycles. The molecular formula is C23H28N2O4. The van der Waals surface area contributed by atoms with Crippen LogP contribution in [0.3, 0.4) is 0 Å². The summed E-state index contributed by atoms with van der Waals surface area (Å²) in [5, 5.41) is 9.92. The average molecular weight is 396 g/mol.